The van der Waals surface area contributed by atoms with Gasteiger partial charge in [-0.15, -0.1) is 12.4 Å². The number of aliphatic hydroxyl groups is 1. The van der Waals surface area contributed by atoms with E-state index in [0.29, 0.717) is 0 Å². The number of hydrogen-bond donors (Lipinski definition) is 2. The fourth-order valence-electron chi connectivity index (χ4n) is 2.09. The first-order chi connectivity index (χ1) is 8.02. The fraction of sp³-hybridized carbons (Fsp3) is 0.500. The standard InChI is InChI=1S/C12H14Cl2FNO.ClH/c13-7-4-5-8(14)10(15)9(7)11(16)12(17)6-2-1-3-6;/h4-6,11-12,17H,1-3,16H2;1H/t11-,12+;/m0./s1. The van der Waals surface area contributed by atoms with Gasteiger partial charge in [0, 0.05) is 10.6 Å². The van der Waals surface area contributed by atoms with Gasteiger partial charge in [0.1, 0.15) is 5.82 Å². The Morgan fingerprint density at radius 1 is 1.28 bits per heavy atom. The summed E-state index contributed by atoms with van der Waals surface area (Å²) < 4.78 is 13.9. The van der Waals surface area contributed by atoms with E-state index in [9.17, 15) is 9.50 Å². The largest absolute Gasteiger partial charge is 0.391 e. The van der Waals surface area contributed by atoms with Gasteiger partial charge in [-0.3, -0.25) is 0 Å². The zero-order chi connectivity index (χ0) is 12.6. The van der Waals surface area contributed by atoms with Crippen LogP contribution in [-0.4, -0.2) is 11.2 Å². The molecule has 1 aromatic carbocycles. The molecule has 0 unspecified atom stereocenters. The van der Waals surface area contributed by atoms with Crippen LogP contribution in [0.25, 0.3) is 0 Å². The third-order valence-corrected chi connectivity index (χ3v) is 4.04. The summed E-state index contributed by atoms with van der Waals surface area (Å²) in [5.41, 5.74) is 6.00. The monoisotopic (exact) mass is 313 g/mol. The van der Waals surface area contributed by atoms with Crippen LogP contribution in [0.4, 0.5) is 4.39 Å². The van der Waals surface area contributed by atoms with E-state index in [1.807, 2.05) is 0 Å². The summed E-state index contributed by atoms with van der Waals surface area (Å²) in [4.78, 5) is 0. The first kappa shape index (κ1) is 16.0. The van der Waals surface area contributed by atoms with Crippen LogP contribution in [0.5, 0.6) is 0 Å². The quantitative estimate of drug-likeness (QED) is 0.835. The molecule has 102 valence electrons. The number of benzene rings is 1. The summed E-state index contributed by atoms with van der Waals surface area (Å²) in [5, 5.41) is 10.2. The maximum atomic E-state index is 13.9. The van der Waals surface area contributed by atoms with E-state index in [1.54, 1.807) is 0 Å². The van der Waals surface area contributed by atoms with E-state index in [0.717, 1.165) is 19.3 Å². The molecule has 1 aliphatic carbocycles. The maximum absolute atomic E-state index is 13.9. The summed E-state index contributed by atoms with van der Waals surface area (Å²) >= 11 is 11.6. The average Bonchev–Trinajstić information content (AvgIpc) is 2.21. The summed E-state index contributed by atoms with van der Waals surface area (Å²) in [6.45, 7) is 0. The third-order valence-electron chi connectivity index (χ3n) is 3.41. The lowest BCUT2D eigenvalue weighted by Crippen LogP contribution is -2.37. The Bertz CT molecular complexity index is 426. The molecule has 0 radical (unpaired) electrons. The Kier molecular flexibility index (Phi) is 5.68. The number of rotatable bonds is 3. The highest BCUT2D eigenvalue weighted by Gasteiger charge is 2.33. The van der Waals surface area contributed by atoms with Crippen LogP contribution in [0.1, 0.15) is 30.9 Å². The van der Waals surface area contributed by atoms with E-state index in [1.165, 1.54) is 12.1 Å². The molecule has 0 aromatic heterocycles. The van der Waals surface area contributed by atoms with E-state index in [2.05, 4.69) is 0 Å². The molecule has 0 saturated heterocycles. The maximum Gasteiger partial charge on any atom is 0.148 e. The zero-order valence-electron chi connectivity index (χ0n) is 9.57. The van der Waals surface area contributed by atoms with Crippen LogP contribution in [0, 0.1) is 11.7 Å². The first-order valence-electron chi connectivity index (χ1n) is 5.59. The van der Waals surface area contributed by atoms with Crippen molar-refractivity contribution in [1.29, 1.82) is 0 Å². The molecule has 0 amide bonds. The highest BCUT2D eigenvalue weighted by molar-refractivity contribution is 6.33. The molecule has 2 nitrogen and oxygen atoms in total. The van der Waals surface area contributed by atoms with Gasteiger partial charge in [0.15, 0.2) is 0 Å². The average molecular weight is 315 g/mol. The molecular weight excluding hydrogens is 299 g/mol. The molecule has 1 aliphatic rings. The Morgan fingerprint density at radius 2 is 1.83 bits per heavy atom. The second-order valence-corrected chi connectivity index (χ2v) is 5.28. The molecule has 0 bridgehead atoms. The number of hydrogen-bond acceptors (Lipinski definition) is 2. The number of nitrogens with two attached hydrogens (primary N) is 1. The highest BCUT2D eigenvalue weighted by atomic mass is 35.5. The van der Waals surface area contributed by atoms with Crippen molar-refractivity contribution in [2.75, 3.05) is 0 Å². The predicted molar refractivity (Wildman–Crippen MR) is 73.9 cm³/mol. The molecule has 0 heterocycles. The zero-order valence-corrected chi connectivity index (χ0v) is 11.9. The molecule has 2 rings (SSSR count). The van der Waals surface area contributed by atoms with Crippen LogP contribution in [0.15, 0.2) is 12.1 Å². The van der Waals surface area contributed by atoms with Crippen LogP contribution in [0.2, 0.25) is 10.0 Å². The molecule has 1 saturated carbocycles. The van der Waals surface area contributed by atoms with Crippen molar-refractivity contribution < 1.29 is 9.50 Å². The van der Waals surface area contributed by atoms with Crippen molar-refractivity contribution in [2.24, 2.45) is 11.7 Å². The van der Waals surface area contributed by atoms with E-state index < -0.39 is 18.0 Å². The molecule has 1 fully saturated rings. The number of halogens is 4. The number of aliphatic hydroxyl groups excluding tert-OH is 1. The second kappa shape index (κ2) is 6.40. The third kappa shape index (κ3) is 2.91. The van der Waals surface area contributed by atoms with Gasteiger partial charge >= 0.3 is 0 Å². The molecule has 0 aliphatic heterocycles. The van der Waals surface area contributed by atoms with Crippen molar-refractivity contribution in [1.82, 2.24) is 0 Å². The summed E-state index contributed by atoms with van der Waals surface area (Å²) in [5.74, 6) is -0.496. The molecular formula is C12H15Cl3FNO. The lowest BCUT2D eigenvalue weighted by Gasteiger charge is -2.34. The van der Waals surface area contributed by atoms with Gasteiger partial charge in [0.05, 0.1) is 17.2 Å². The molecule has 3 N–H and O–H groups in total. The van der Waals surface area contributed by atoms with Gasteiger partial charge < -0.3 is 10.8 Å². The lowest BCUT2D eigenvalue weighted by atomic mass is 9.77. The topological polar surface area (TPSA) is 46.2 Å². The molecule has 18 heavy (non-hydrogen) atoms. The molecule has 6 heteroatoms. The van der Waals surface area contributed by atoms with Gasteiger partial charge in [-0.2, -0.15) is 0 Å². The van der Waals surface area contributed by atoms with E-state index in [4.69, 9.17) is 28.9 Å². The van der Waals surface area contributed by atoms with Crippen LogP contribution in [-0.2, 0) is 0 Å². The van der Waals surface area contributed by atoms with Gasteiger partial charge in [0.25, 0.3) is 0 Å². The van der Waals surface area contributed by atoms with Crippen LogP contribution >= 0.6 is 35.6 Å². The smallest absolute Gasteiger partial charge is 0.148 e. The summed E-state index contributed by atoms with van der Waals surface area (Å²) in [6.07, 6.45) is 2.16. The Hall–Kier alpha value is -0.0600. The fourth-order valence-corrected chi connectivity index (χ4v) is 2.53. The minimum atomic E-state index is -0.827. The van der Waals surface area contributed by atoms with Crippen LogP contribution in [0.3, 0.4) is 0 Å². The minimum absolute atomic E-state index is 0. The normalized spacial score (nSPS) is 18.7. The van der Waals surface area contributed by atoms with Crippen molar-refractivity contribution in [2.45, 2.75) is 31.4 Å². The second-order valence-electron chi connectivity index (χ2n) is 4.46. The van der Waals surface area contributed by atoms with Gasteiger partial charge in [-0.1, -0.05) is 29.6 Å². The Morgan fingerprint density at radius 3 is 2.33 bits per heavy atom. The predicted octanol–water partition coefficient (Wildman–Crippen LogP) is 3.72. The molecule has 2 atom stereocenters. The summed E-state index contributed by atoms with van der Waals surface area (Å²) in [6, 6.07) is 2.05. The van der Waals surface area contributed by atoms with Crippen molar-refractivity contribution >= 4 is 35.6 Å². The van der Waals surface area contributed by atoms with Gasteiger partial charge in [0.2, 0.25) is 0 Å². The SMILES string of the molecule is Cl.N[C@@H](c1c(Cl)ccc(Cl)c1F)[C@H](O)C1CCC1. The summed E-state index contributed by atoms with van der Waals surface area (Å²) in [7, 11) is 0. The molecule has 0 spiro atoms. The lowest BCUT2D eigenvalue weighted by molar-refractivity contribution is 0.0405. The Labute approximate surface area is 122 Å². The van der Waals surface area contributed by atoms with Crippen molar-refractivity contribution in [3.63, 3.8) is 0 Å². The molecule has 1 aromatic rings. The minimum Gasteiger partial charge on any atom is -0.391 e. The van der Waals surface area contributed by atoms with E-state index >= 15 is 0 Å². The van der Waals surface area contributed by atoms with Gasteiger partial charge in [-0.25, -0.2) is 4.39 Å². The highest BCUT2D eigenvalue weighted by Crippen LogP contribution is 2.37. The van der Waals surface area contributed by atoms with Gasteiger partial charge in [-0.05, 0) is 30.9 Å². The van der Waals surface area contributed by atoms with Crippen molar-refractivity contribution in [3.8, 4) is 0 Å². The van der Waals surface area contributed by atoms with Crippen LogP contribution < -0.4 is 5.73 Å². The Balaban J connectivity index is 0.00000162. The van der Waals surface area contributed by atoms with E-state index in [-0.39, 0.29) is 33.9 Å². The first-order valence-corrected chi connectivity index (χ1v) is 6.35. The van der Waals surface area contributed by atoms with Crippen molar-refractivity contribution in [3.05, 3.63) is 33.6 Å².